The molecular weight excluding hydrogens is 206 g/mol. The summed E-state index contributed by atoms with van der Waals surface area (Å²) < 4.78 is 0.841. The molecule has 72 valence electrons. The number of nitrogens with two attached hydrogens (primary N) is 1. The SMILES string of the molecule is NCC1(CO)CC1c1ccsc1Cl. The van der Waals surface area contributed by atoms with Gasteiger partial charge in [0, 0.05) is 12.0 Å². The summed E-state index contributed by atoms with van der Waals surface area (Å²) in [6, 6.07) is 2.03. The molecule has 0 aliphatic heterocycles. The third kappa shape index (κ3) is 1.40. The lowest BCUT2D eigenvalue weighted by Gasteiger charge is -2.09. The Morgan fingerprint density at radius 2 is 2.54 bits per heavy atom. The molecule has 0 radical (unpaired) electrons. The van der Waals surface area contributed by atoms with Crippen LogP contribution in [0.4, 0.5) is 0 Å². The van der Waals surface area contributed by atoms with E-state index in [-0.39, 0.29) is 12.0 Å². The predicted molar refractivity (Wildman–Crippen MR) is 55.3 cm³/mol. The van der Waals surface area contributed by atoms with Crippen LogP contribution in [0.1, 0.15) is 17.9 Å². The summed E-state index contributed by atoms with van der Waals surface area (Å²) in [5.41, 5.74) is 6.71. The smallest absolute Gasteiger partial charge is 0.0963 e. The first-order chi connectivity index (χ1) is 6.23. The Morgan fingerprint density at radius 3 is 2.92 bits per heavy atom. The Morgan fingerprint density at radius 1 is 1.77 bits per heavy atom. The van der Waals surface area contributed by atoms with E-state index in [1.165, 1.54) is 11.3 Å². The van der Waals surface area contributed by atoms with E-state index in [2.05, 4.69) is 0 Å². The van der Waals surface area contributed by atoms with Crippen LogP contribution in [0, 0.1) is 5.41 Å². The van der Waals surface area contributed by atoms with Gasteiger partial charge >= 0.3 is 0 Å². The molecule has 1 saturated carbocycles. The third-order valence-corrected chi connectivity index (χ3v) is 4.13. The van der Waals surface area contributed by atoms with Gasteiger partial charge in [-0.2, -0.15) is 0 Å². The first kappa shape index (κ1) is 9.46. The Labute approximate surface area is 86.3 Å². The van der Waals surface area contributed by atoms with E-state index in [0.29, 0.717) is 12.5 Å². The molecule has 1 heterocycles. The average Bonchev–Trinajstić information content (AvgIpc) is 2.74. The van der Waals surface area contributed by atoms with Gasteiger partial charge in [0.25, 0.3) is 0 Å². The van der Waals surface area contributed by atoms with Gasteiger partial charge in [-0.05, 0) is 29.3 Å². The Kier molecular flexibility index (Phi) is 2.36. The average molecular weight is 218 g/mol. The van der Waals surface area contributed by atoms with Crippen LogP contribution in [0.2, 0.25) is 4.34 Å². The molecule has 2 rings (SSSR count). The van der Waals surface area contributed by atoms with Gasteiger partial charge in [0.05, 0.1) is 10.9 Å². The molecule has 13 heavy (non-hydrogen) atoms. The second-order valence-corrected chi connectivity index (χ2v) is 5.15. The molecule has 1 aromatic heterocycles. The summed E-state index contributed by atoms with van der Waals surface area (Å²) in [4.78, 5) is 0. The molecule has 4 heteroatoms. The first-order valence-corrected chi connectivity index (χ1v) is 5.53. The molecule has 2 atom stereocenters. The number of hydrogen-bond acceptors (Lipinski definition) is 3. The van der Waals surface area contributed by atoms with Crippen molar-refractivity contribution in [2.75, 3.05) is 13.2 Å². The number of halogens is 1. The van der Waals surface area contributed by atoms with Crippen molar-refractivity contribution in [3.05, 3.63) is 21.3 Å². The zero-order chi connectivity index (χ0) is 9.47. The zero-order valence-corrected chi connectivity index (χ0v) is 8.74. The molecule has 1 aromatic rings. The molecule has 1 aliphatic carbocycles. The van der Waals surface area contributed by atoms with Crippen LogP contribution in [0.5, 0.6) is 0 Å². The molecule has 1 fully saturated rings. The molecule has 0 aromatic carbocycles. The minimum atomic E-state index is -0.0787. The monoisotopic (exact) mass is 217 g/mol. The number of rotatable bonds is 3. The standard InChI is InChI=1S/C9H12ClNOS/c10-8-6(1-2-13-8)7-3-9(7,4-11)5-12/h1-2,7,12H,3-5,11H2. The van der Waals surface area contributed by atoms with Crippen LogP contribution in [-0.2, 0) is 0 Å². The van der Waals surface area contributed by atoms with Gasteiger partial charge in [0.15, 0.2) is 0 Å². The second kappa shape index (κ2) is 3.24. The van der Waals surface area contributed by atoms with E-state index in [1.54, 1.807) is 0 Å². The van der Waals surface area contributed by atoms with Crippen molar-refractivity contribution in [3.8, 4) is 0 Å². The molecule has 1 aliphatic rings. The maximum absolute atomic E-state index is 9.20. The lowest BCUT2D eigenvalue weighted by atomic mass is 10.0. The van der Waals surface area contributed by atoms with E-state index in [9.17, 15) is 5.11 Å². The Bertz CT molecular complexity index is 308. The normalized spacial score (nSPS) is 32.1. The molecule has 2 nitrogen and oxygen atoms in total. The highest BCUT2D eigenvalue weighted by molar-refractivity contribution is 7.14. The minimum Gasteiger partial charge on any atom is -0.396 e. The van der Waals surface area contributed by atoms with Crippen LogP contribution in [-0.4, -0.2) is 18.3 Å². The highest BCUT2D eigenvalue weighted by atomic mass is 35.5. The zero-order valence-electron chi connectivity index (χ0n) is 7.16. The summed E-state index contributed by atoms with van der Waals surface area (Å²) in [6.45, 7) is 0.709. The van der Waals surface area contributed by atoms with Crippen molar-refractivity contribution in [1.29, 1.82) is 0 Å². The number of aliphatic hydroxyl groups excluding tert-OH is 1. The topological polar surface area (TPSA) is 46.2 Å². The van der Waals surface area contributed by atoms with Crippen molar-refractivity contribution in [1.82, 2.24) is 0 Å². The van der Waals surface area contributed by atoms with Crippen molar-refractivity contribution < 1.29 is 5.11 Å². The van der Waals surface area contributed by atoms with Crippen LogP contribution in [0.15, 0.2) is 11.4 Å². The van der Waals surface area contributed by atoms with Crippen LogP contribution < -0.4 is 5.73 Å². The molecule has 0 spiro atoms. The van der Waals surface area contributed by atoms with E-state index in [4.69, 9.17) is 17.3 Å². The maximum Gasteiger partial charge on any atom is 0.0963 e. The van der Waals surface area contributed by atoms with Crippen molar-refractivity contribution >= 4 is 22.9 Å². The highest BCUT2D eigenvalue weighted by Gasteiger charge is 2.54. The lowest BCUT2D eigenvalue weighted by molar-refractivity contribution is 0.212. The molecule has 0 saturated heterocycles. The fourth-order valence-corrected chi connectivity index (χ4v) is 2.84. The predicted octanol–water partition coefficient (Wildman–Crippen LogP) is 1.83. The largest absolute Gasteiger partial charge is 0.396 e. The number of aliphatic hydroxyl groups is 1. The van der Waals surface area contributed by atoms with Crippen molar-refractivity contribution in [3.63, 3.8) is 0 Å². The van der Waals surface area contributed by atoms with Crippen LogP contribution >= 0.6 is 22.9 Å². The van der Waals surface area contributed by atoms with Gasteiger partial charge in [-0.15, -0.1) is 11.3 Å². The summed E-state index contributed by atoms with van der Waals surface area (Å²) in [7, 11) is 0. The second-order valence-electron chi connectivity index (χ2n) is 3.63. The third-order valence-electron chi connectivity index (χ3n) is 2.93. The number of hydrogen-bond donors (Lipinski definition) is 2. The van der Waals surface area contributed by atoms with Crippen molar-refractivity contribution in [2.24, 2.45) is 11.1 Å². The fraction of sp³-hybridized carbons (Fsp3) is 0.556. The molecule has 3 N–H and O–H groups in total. The van der Waals surface area contributed by atoms with E-state index in [0.717, 1.165) is 16.3 Å². The van der Waals surface area contributed by atoms with E-state index >= 15 is 0 Å². The van der Waals surface area contributed by atoms with Gasteiger partial charge in [0.1, 0.15) is 0 Å². The molecular formula is C9H12ClNOS. The number of thiophene rings is 1. The summed E-state index contributed by atoms with van der Waals surface area (Å²) in [5.74, 6) is 0.376. The lowest BCUT2D eigenvalue weighted by Crippen LogP contribution is -2.21. The van der Waals surface area contributed by atoms with Gasteiger partial charge in [-0.1, -0.05) is 11.6 Å². The van der Waals surface area contributed by atoms with Crippen LogP contribution in [0.25, 0.3) is 0 Å². The van der Waals surface area contributed by atoms with E-state index in [1.807, 2.05) is 11.4 Å². The first-order valence-electron chi connectivity index (χ1n) is 4.27. The molecule has 0 amide bonds. The summed E-state index contributed by atoms with van der Waals surface area (Å²) >= 11 is 7.55. The van der Waals surface area contributed by atoms with E-state index < -0.39 is 0 Å². The quantitative estimate of drug-likeness (QED) is 0.812. The highest BCUT2D eigenvalue weighted by Crippen LogP contribution is 2.60. The van der Waals surface area contributed by atoms with Crippen LogP contribution in [0.3, 0.4) is 0 Å². The van der Waals surface area contributed by atoms with Gasteiger partial charge in [-0.3, -0.25) is 0 Å². The molecule has 2 unspecified atom stereocenters. The summed E-state index contributed by atoms with van der Waals surface area (Å²) in [6.07, 6.45) is 0.969. The maximum atomic E-state index is 9.20. The Balaban J connectivity index is 2.19. The minimum absolute atomic E-state index is 0.0787. The fourth-order valence-electron chi connectivity index (χ4n) is 1.81. The van der Waals surface area contributed by atoms with Gasteiger partial charge in [-0.25, -0.2) is 0 Å². The Hall–Kier alpha value is -0.0900. The van der Waals surface area contributed by atoms with Gasteiger partial charge in [0.2, 0.25) is 0 Å². The van der Waals surface area contributed by atoms with Gasteiger partial charge < -0.3 is 10.8 Å². The summed E-state index contributed by atoms with van der Waals surface area (Å²) in [5, 5.41) is 11.2. The molecule has 0 bridgehead atoms. The van der Waals surface area contributed by atoms with Crippen molar-refractivity contribution in [2.45, 2.75) is 12.3 Å².